The first kappa shape index (κ1) is 13.6. The average Bonchev–Trinajstić information content (AvgIpc) is 2.22. The second-order valence-electron chi connectivity index (χ2n) is 2.86. The van der Waals surface area contributed by atoms with Gasteiger partial charge in [-0.2, -0.15) is 8.78 Å². The lowest BCUT2D eigenvalue weighted by atomic mass is 10.2. The van der Waals surface area contributed by atoms with E-state index in [-0.39, 0.29) is 17.2 Å². The van der Waals surface area contributed by atoms with Crippen molar-refractivity contribution in [2.45, 2.75) is 13.5 Å². The van der Waals surface area contributed by atoms with Gasteiger partial charge in [0.15, 0.2) is 11.6 Å². The van der Waals surface area contributed by atoms with Crippen LogP contribution in [0.15, 0.2) is 12.1 Å². The zero-order valence-corrected chi connectivity index (χ0v) is 9.43. The van der Waals surface area contributed by atoms with Crippen LogP contribution < -0.4 is 4.74 Å². The highest BCUT2D eigenvalue weighted by Gasteiger charge is 2.18. The maximum Gasteiger partial charge on any atom is 0.387 e. The van der Waals surface area contributed by atoms with Gasteiger partial charge >= 0.3 is 12.6 Å². The molecule has 3 nitrogen and oxygen atoms in total. The monoisotopic (exact) mass is 268 g/mol. The van der Waals surface area contributed by atoms with Gasteiger partial charge in [-0.15, -0.1) is 0 Å². The Morgan fingerprint density at radius 3 is 2.65 bits per heavy atom. The van der Waals surface area contributed by atoms with E-state index in [1.54, 1.807) is 6.92 Å². The third-order valence-corrected chi connectivity index (χ3v) is 2.05. The van der Waals surface area contributed by atoms with Gasteiger partial charge in [0.25, 0.3) is 0 Å². The zero-order valence-electron chi connectivity index (χ0n) is 8.68. The lowest BCUT2D eigenvalue weighted by Gasteiger charge is -2.09. The molecule has 7 heteroatoms. The summed E-state index contributed by atoms with van der Waals surface area (Å²) in [4.78, 5) is 11.3. The van der Waals surface area contributed by atoms with Crippen molar-refractivity contribution in [2.24, 2.45) is 0 Å². The van der Waals surface area contributed by atoms with Gasteiger partial charge in [0.05, 0.1) is 17.2 Å². The van der Waals surface area contributed by atoms with Gasteiger partial charge in [-0.1, -0.05) is 11.6 Å². The van der Waals surface area contributed by atoms with E-state index in [2.05, 4.69) is 9.47 Å². The summed E-state index contributed by atoms with van der Waals surface area (Å²) < 4.78 is 45.5. The van der Waals surface area contributed by atoms with Crippen molar-refractivity contribution >= 4 is 17.6 Å². The molecule has 94 valence electrons. The van der Waals surface area contributed by atoms with Crippen molar-refractivity contribution in [1.82, 2.24) is 0 Å². The predicted octanol–water partition coefficient (Wildman–Crippen LogP) is 3.26. The number of hydrogen-bond donors (Lipinski definition) is 0. The fourth-order valence-electron chi connectivity index (χ4n) is 1.08. The maximum absolute atomic E-state index is 13.3. The Hall–Kier alpha value is -1.43. The van der Waals surface area contributed by atoms with Crippen LogP contribution in [0.4, 0.5) is 13.2 Å². The Labute approximate surface area is 100 Å². The molecule has 0 bridgehead atoms. The maximum atomic E-state index is 13.3. The second kappa shape index (κ2) is 5.77. The molecule has 17 heavy (non-hydrogen) atoms. The van der Waals surface area contributed by atoms with Gasteiger partial charge in [-0.05, 0) is 13.0 Å². The van der Waals surface area contributed by atoms with E-state index in [1.807, 2.05) is 0 Å². The summed E-state index contributed by atoms with van der Waals surface area (Å²) in [5.74, 6) is -2.67. The van der Waals surface area contributed by atoms with E-state index >= 15 is 0 Å². The zero-order chi connectivity index (χ0) is 13.0. The van der Waals surface area contributed by atoms with Gasteiger partial charge in [0.1, 0.15) is 0 Å². The summed E-state index contributed by atoms with van der Waals surface area (Å²) in [5, 5.41) is -0.222. The molecule has 0 unspecified atom stereocenters. The molecule has 0 atom stereocenters. The molecular weight excluding hydrogens is 261 g/mol. The summed E-state index contributed by atoms with van der Waals surface area (Å²) in [6.45, 7) is -1.52. The van der Waals surface area contributed by atoms with Crippen LogP contribution in [0.2, 0.25) is 5.02 Å². The Morgan fingerprint density at radius 1 is 1.47 bits per heavy atom. The molecule has 0 saturated carbocycles. The molecule has 0 radical (unpaired) electrons. The van der Waals surface area contributed by atoms with Crippen LogP contribution in [0.3, 0.4) is 0 Å². The summed E-state index contributed by atoms with van der Waals surface area (Å²) in [5.41, 5.74) is -0.243. The van der Waals surface area contributed by atoms with Crippen LogP contribution in [-0.4, -0.2) is 19.2 Å². The highest BCUT2D eigenvalue weighted by molar-refractivity contribution is 6.33. The molecule has 0 saturated heterocycles. The molecule has 0 aliphatic heterocycles. The van der Waals surface area contributed by atoms with Crippen molar-refractivity contribution in [3.63, 3.8) is 0 Å². The Kier molecular flexibility index (Phi) is 4.62. The quantitative estimate of drug-likeness (QED) is 0.786. The number of hydrogen-bond acceptors (Lipinski definition) is 3. The number of alkyl halides is 2. The van der Waals surface area contributed by atoms with E-state index in [9.17, 15) is 18.0 Å². The standard InChI is InChI=1S/C10H8ClF3O3/c1-2-16-9(15)5-3-7(12)8(4-6(5)11)17-10(13)14/h3-4,10H,2H2,1H3. The van der Waals surface area contributed by atoms with Gasteiger partial charge in [0, 0.05) is 6.07 Å². The first-order valence-corrected chi connectivity index (χ1v) is 4.94. The molecule has 0 amide bonds. The van der Waals surface area contributed by atoms with E-state index in [4.69, 9.17) is 11.6 Å². The molecule has 0 aliphatic rings. The summed E-state index contributed by atoms with van der Waals surface area (Å²) >= 11 is 5.62. The van der Waals surface area contributed by atoms with Gasteiger partial charge in [-0.3, -0.25) is 0 Å². The fraction of sp³-hybridized carbons (Fsp3) is 0.300. The highest BCUT2D eigenvalue weighted by atomic mass is 35.5. The Morgan fingerprint density at radius 2 is 2.12 bits per heavy atom. The van der Waals surface area contributed by atoms with Crippen molar-refractivity contribution in [1.29, 1.82) is 0 Å². The van der Waals surface area contributed by atoms with Crippen molar-refractivity contribution in [3.05, 3.63) is 28.5 Å². The lowest BCUT2D eigenvalue weighted by molar-refractivity contribution is -0.0521. The Balaban J connectivity index is 3.04. The smallest absolute Gasteiger partial charge is 0.387 e. The number of esters is 1. The van der Waals surface area contributed by atoms with E-state index in [0.29, 0.717) is 6.07 Å². The minimum Gasteiger partial charge on any atom is -0.462 e. The minimum absolute atomic E-state index is 0.0894. The molecule has 1 aromatic rings. The molecule has 0 fully saturated rings. The SMILES string of the molecule is CCOC(=O)c1cc(F)c(OC(F)F)cc1Cl. The van der Waals surface area contributed by atoms with Crippen LogP contribution >= 0.6 is 11.6 Å². The number of carbonyl (C=O) groups excluding carboxylic acids is 1. The van der Waals surface area contributed by atoms with Gasteiger partial charge in [-0.25, -0.2) is 9.18 Å². The summed E-state index contributed by atoms with van der Waals surface area (Å²) in [6, 6.07) is 1.49. The van der Waals surface area contributed by atoms with E-state index in [1.165, 1.54) is 0 Å². The van der Waals surface area contributed by atoms with Crippen molar-refractivity contribution < 1.29 is 27.4 Å². The van der Waals surface area contributed by atoms with Crippen LogP contribution in [0.5, 0.6) is 5.75 Å². The summed E-state index contributed by atoms with van der Waals surface area (Å²) in [6.07, 6.45) is 0. The van der Waals surface area contributed by atoms with E-state index < -0.39 is 24.1 Å². The molecule has 0 heterocycles. The van der Waals surface area contributed by atoms with Crippen LogP contribution in [0, 0.1) is 5.82 Å². The summed E-state index contributed by atoms with van der Waals surface area (Å²) in [7, 11) is 0. The number of carbonyl (C=O) groups is 1. The van der Waals surface area contributed by atoms with E-state index in [0.717, 1.165) is 6.07 Å². The van der Waals surface area contributed by atoms with Crippen LogP contribution in [0.25, 0.3) is 0 Å². The lowest BCUT2D eigenvalue weighted by Crippen LogP contribution is -2.08. The number of ether oxygens (including phenoxy) is 2. The highest BCUT2D eigenvalue weighted by Crippen LogP contribution is 2.27. The molecule has 1 aromatic carbocycles. The molecule has 1 rings (SSSR count). The predicted molar refractivity (Wildman–Crippen MR) is 54.0 cm³/mol. The molecule has 0 N–H and O–H groups in total. The number of halogens is 4. The van der Waals surface area contributed by atoms with Crippen LogP contribution in [0.1, 0.15) is 17.3 Å². The molecule has 0 aromatic heterocycles. The van der Waals surface area contributed by atoms with Gasteiger partial charge in [0.2, 0.25) is 0 Å². The fourth-order valence-corrected chi connectivity index (χ4v) is 1.31. The van der Waals surface area contributed by atoms with Gasteiger partial charge < -0.3 is 9.47 Å². The second-order valence-corrected chi connectivity index (χ2v) is 3.27. The minimum atomic E-state index is -3.17. The molecule has 0 aliphatic carbocycles. The first-order valence-electron chi connectivity index (χ1n) is 4.56. The third kappa shape index (κ3) is 3.52. The Bertz CT molecular complexity index is 424. The third-order valence-electron chi connectivity index (χ3n) is 1.73. The topological polar surface area (TPSA) is 35.5 Å². The normalized spacial score (nSPS) is 10.5. The number of rotatable bonds is 4. The van der Waals surface area contributed by atoms with Crippen molar-refractivity contribution in [3.8, 4) is 5.75 Å². The largest absolute Gasteiger partial charge is 0.462 e. The number of benzene rings is 1. The van der Waals surface area contributed by atoms with Crippen LogP contribution in [-0.2, 0) is 4.74 Å². The average molecular weight is 269 g/mol. The molecular formula is C10H8ClF3O3. The molecule has 0 spiro atoms. The first-order chi connectivity index (χ1) is 7.95. The van der Waals surface area contributed by atoms with Crippen molar-refractivity contribution in [2.75, 3.05) is 6.61 Å².